The van der Waals surface area contributed by atoms with Gasteiger partial charge in [-0.25, -0.2) is 9.97 Å². The Kier molecular flexibility index (Phi) is 4.20. The fourth-order valence-electron chi connectivity index (χ4n) is 6.66. The zero-order valence-electron chi connectivity index (χ0n) is 15.9. The van der Waals surface area contributed by atoms with Crippen LogP contribution in [0.4, 0.5) is 17.3 Å². The van der Waals surface area contributed by atoms with Gasteiger partial charge in [0.05, 0.1) is 4.92 Å². The lowest BCUT2D eigenvalue weighted by atomic mass is 9.53. The van der Waals surface area contributed by atoms with Crippen LogP contribution in [0.5, 0.6) is 0 Å². The van der Waals surface area contributed by atoms with Crippen molar-refractivity contribution in [2.75, 3.05) is 23.3 Å². The number of rotatable bonds is 4. The van der Waals surface area contributed by atoms with E-state index in [1.54, 1.807) is 0 Å². The van der Waals surface area contributed by atoms with Crippen molar-refractivity contribution in [3.8, 4) is 0 Å². The van der Waals surface area contributed by atoms with Crippen molar-refractivity contribution in [3.05, 3.63) is 16.4 Å². The monoisotopic (exact) mass is 371 g/mol. The topological polar surface area (TPSA) is 84.2 Å². The van der Waals surface area contributed by atoms with Gasteiger partial charge in [-0.1, -0.05) is 12.8 Å². The van der Waals surface area contributed by atoms with Crippen molar-refractivity contribution in [3.63, 3.8) is 0 Å². The van der Waals surface area contributed by atoms with E-state index in [0.717, 1.165) is 62.9 Å². The van der Waals surface area contributed by atoms with Crippen LogP contribution < -0.4 is 10.2 Å². The molecule has 7 nitrogen and oxygen atoms in total. The zero-order valence-corrected chi connectivity index (χ0v) is 15.9. The number of hydrogen-bond donors (Lipinski definition) is 1. The van der Waals surface area contributed by atoms with Crippen molar-refractivity contribution in [1.29, 1.82) is 0 Å². The molecule has 0 aromatic carbocycles. The summed E-state index contributed by atoms with van der Waals surface area (Å²) in [7, 11) is 0. The van der Waals surface area contributed by atoms with Gasteiger partial charge in [0.2, 0.25) is 11.6 Å². The lowest BCUT2D eigenvalue weighted by Gasteiger charge is -2.57. The van der Waals surface area contributed by atoms with E-state index in [1.807, 2.05) is 0 Å². The van der Waals surface area contributed by atoms with Crippen LogP contribution in [0.2, 0.25) is 0 Å². The molecule has 4 aliphatic carbocycles. The van der Waals surface area contributed by atoms with E-state index in [4.69, 9.17) is 0 Å². The summed E-state index contributed by atoms with van der Waals surface area (Å²) in [6, 6.07) is 0. The summed E-state index contributed by atoms with van der Waals surface area (Å²) in [5, 5.41) is 15.6. The van der Waals surface area contributed by atoms with Gasteiger partial charge in [0.25, 0.3) is 0 Å². The quantitative estimate of drug-likeness (QED) is 0.632. The van der Waals surface area contributed by atoms with Gasteiger partial charge in [-0.05, 0) is 69.1 Å². The normalized spacial score (nSPS) is 35.1. The molecular formula is C20H29N5O2. The van der Waals surface area contributed by atoms with Crippen LogP contribution in [-0.2, 0) is 0 Å². The Morgan fingerprint density at radius 2 is 1.59 bits per heavy atom. The molecule has 5 fully saturated rings. The van der Waals surface area contributed by atoms with Crippen LogP contribution in [0.1, 0.15) is 64.2 Å². The Balaban J connectivity index is 1.47. The van der Waals surface area contributed by atoms with Gasteiger partial charge >= 0.3 is 5.69 Å². The lowest BCUT2D eigenvalue weighted by Crippen LogP contribution is -2.55. The largest absolute Gasteiger partial charge is 0.359 e. The second kappa shape index (κ2) is 6.60. The predicted octanol–water partition coefficient (Wildman–Crippen LogP) is 4.15. The Morgan fingerprint density at radius 3 is 2.15 bits per heavy atom. The molecule has 146 valence electrons. The fourth-order valence-corrected chi connectivity index (χ4v) is 6.66. The third-order valence-corrected chi connectivity index (χ3v) is 7.31. The summed E-state index contributed by atoms with van der Waals surface area (Å²) >= 11 is 0. The van der Waals surface area contributed by atoms with Crippen LogP contribution in [0.25, 0.3) is 0 Å². The van der Waals surface area contributed by atoms with Crippen LogP contribution in [-0.4, -0.2) is 33.5 Å². The second-order valence-corrected chi connectivity index (χ2v) is 9.38. The van der Waals surface area contributed by atoms with E-state index >= 15 is 0 Å². The van der Waals surface area contributed by atoms with E-state index in [2.05, 4.69) is 20.2 Å². The summed E-state index contributed by atoms with van der Waals surface area (Å²) in [4.78, 5) is 22.6. The van der Waals surface area contributed by atoms with Crippen molar-refractivity contribution >= 4 is 17.3 Å². The Bertz CT molecular complexity index is 694. The van der Waals surface area contributed by atoms with E-state index in [9.17, 15) is 10.1 Å². The summed E-state index contributed by atoms with van der Waals surface area (Å²) in [5.41, 5.74) is 0.0827. The summed E-state index contributed by atoms with van der Waals surface area (Å²) in [6.07, 6.45) is 13.5. The van der Waals surface area contributed by atoms with Crippen LogP contribution in [0.3, 0.4) is 0 Å². The maximum absolute atomic E-state index is 12.0. The molecule has 1 aromatic rings. The highest BCUT2D eigenvalue weighted by Gasteiger charge is 2.51. The van der Waals surface area contributed by atoms with E-state index in [-0.39, 0.29) is 16.1 Å². The van der Waals surface area contributed by atoms with Gasteiger partial charge in [-0.2, -0.15) is 0 Å². The van der Waals surface area contributed by atoms with Crippen LogP contribution in [0.15, 0.2) is 6.33 Å². The molecule has 0 radical (unpaired) electrons. The van der Waals surface area contributed by atoms with Gasteiger partial charge in [-0.15, -0.1) is 0 Å². The standard InChI is InChI=1S/C20H29N5O2/c26-25(27)17-18(21-13-22-19(17)24-5-3-1-2-4-6-24)23-20-10-14-7-15(11-20)9-16(8-14)12-20/h13-16H,1-12H2,(H,21,22,23). The molecule has 1 aliphatic heterocycles. The zero-order chi connectivity index (χ0) is 18.4. The van der Waals surface area contributed by atoms with Crippen molar-refractivity contribution < 1.29 is 4.92 Å². The molecule has 1 saturated heterocycles. The average Bonchev–Trinajstić information content (AvgIpc) is 2.89. The number of aromatic nitrogens is 2. The molecule has 1 aromatic heterocycles. The first kappa shape index (κ1) is 17.2. The van der Waals surface area contributed by atoms with Gasteiger partial charge in [0, 0.05) is 18.6 Å². The molecule has 0 atom stereocenters. The van der Waals surface area contributed by atoms with E-state index in [1.165, 1.54) is 38.4 Å². The number of nitrogens with zero attached hydrogens (tertiary/aromatic N) is 4. The molecule has 5 aliphatic rings. The smallest absolute Gasteiger partial charge is 0.353 e. The van der Waals surface area contributed by atoms with Gasteiger partial charge in [-0.3, -0.25) is 10.1 Å². The SMILES string of the molecule is O=[N+]([O-])c1c(NC23CC4CC(CC(C4)C2)C3)ncnc1N1CCCCCC1. The van der Waals surface area contributed by atoms with Crippen LogP contribution in [0, 0.1) is 27.9 Å². The summed E-state index contributed by atoms with van der Waals surface area (Å²) in [5.74, 6) is 3.31. The molecule has 0 spiro atoms. The Hall–Kier alpha value is -1.92. The fraction of sp³-hybridized carbons (Fsp3) is 0.800. The second-order valence-electron chi connectivity index (χ2n) is 9.38. The molecule has 6 rings (SSSR count). The molecule has 7 heteroatoms. The first-order valence-corrected chi connectivity index (χ1v) is 10.6. The summed E-state index contributed by atoms with van der Waals surface area (Å²) in [6.45, 7) is 1.68. The molecule has 0 unspecified atom stereocenters. The summed E-state index contributed by atoms with van der Waals surface area (Å²) < 4.78 is 0. The van der Waals surface area contributed by atoms with Crippen molar-refractivity contribution in [2.45, 2.75) is 69.7 Å². The number of nitro groups is 1. The first-order valence-electron chi connectivity index (χ1n) is 10.6. The van der Waals surface area contributed by atoms with Crippen molar-refractivity contribution in [2.24, 2.45) is 17.8 Å². The van der Waals surface area contributed by atoms with E-state index in [0.29, 0.717) is 11.6 Å². The highest BCUT2D eigenvalue weighted by molar-refractivity contribution is 5.71. The lowest BCUT2D eigenvalue weighted by molar-refractivity contribution is -0.383. The minimum atomic E-state index is -0.275. The first-order chi connectivity index (χ1) is 13.1. The maximum atomic E-state index is 12.0. The Labute approximate surface area is 160 Å². The molecule has 4 bridgehead atoms. The van der Waals surface area contributed by atoms with Crippen LogP contribution >= 0.6 is 0 Å². The molecule has 1 N–H and O–H groups in total. The molecule has 27 heavy (non-hydrogen) atoms. The highest BCUT2D eigenvalue weighted by atomic mass is 16.6. The van der Waals surface area contributed by atoms with Gasteiger partial charge in [0.1, 0.15) is 6.33 Å². The number of nitrogens with one attached hydrogen (secondary N) is 1. The number of hydrogen-bond acceptors (Lipinski definition) is 6. The minimum absolute atomic E-state index is 0.00389. The predicted molar refractivity (Wildman–Crippen MR) is 104 cm³/mol. The van der Waals surface area contributed by atoms with Crippen molar-refractivity contribution in [1.82, 2.24) is 9.97 Å². The maximum Gasteiger partial charge on any atom is 0.353 e. The third-order valence-electron chi connectivity index (χ3n) is 7.31. The molecular weight excluding hydrogens is 342 g/mol. The molecule has 2 heterocycles. The minimum Gasteiger partial charge on any atom is -0.359 e. The average molecular weight is 371 g/mol. The number of anilines is 2. The third kappa shape index (κ3) is 3.15. The molecule has 4 saturated carbocycles. The van der Waals surface area contributed by atoms with E-state index < -0.39 is 0 Å². The van der Waals surface area contributed by atoms with Gasteiger partial charge in [0.15, 0.2) is 0 Å². The molecule has 0 amide bonds. The highest BCUT2D eigenvalue weighted by Crippen LogP contribution is 2.57. The Morgan fingerprint density at radius 1 is 1.00 bits per heavy atom. The van der Waals surface area contributed by atoms with Gasteiger partial charge < -0.3 is 10.2 Å².